The summed E-state index contributed by atoms with van der Waals surface area (Å²) in [7, 11) is 1.64. The zero-order valence-electron chi connectivity index (χ0n) is 12.9. The van der Waals surface area contributed by atoms with Crippen LogP contribution in [0.3, 0.4) is 0 Å². The Hall–Kier alpha value is -0.910. The molecule has 5 heteroatoms. The summed E-state index contributed by atoms with van der Waals surface area (Å²) in [5, 5.41) is 3.32. The SMILES string of the molecule is COc1ccc(Br)c(CC(=O)C(C)(C)N2CCNCC2)c1. The zero-order chi connectivity index (χ0) is 15.5. The predicted molar refractivity (Wildman–Crippen MR) is 87.9 cm³/mol. The Morgan fingerprint density at radius 1 is 1.38 bits per heavy atom. The van der Waals surface area contributed by atoms with Crippen molar-refractivity contribution in [3.05, 3.63) is 28.2 Å². The van der Waals surface area contributed by atoms with Crippen LogP contribution in [0, 0.1) is 0 Å². The molecule has 0 saturated carbocycles. The highest BCUT2D eigenvalue weighted by atomic mass is 79.9. The zero-order valence-corrected chi connectivity index (χ0v) is 14.5. The van der Waals surface area contributed by atoms with Crippen LogP contribution in [0.4, 0.5) is 0 Å². The van der Waals surface area contributed by atoms with E-state index in [1.54, 1.807) is 7.11 Å². The number of hydrogen-bond acceptors (Lipinski definition) is 4. The van der Waals surface area contributed by atoms with Crippen molar-refractivity contribution >= 4 is 21.7 Å². The highest BCUT2D eigenvalue weighted by Crippen LogP contribution is 2.26. The fourth-order valence-electron chi connectivity index (χ4n) is 2.60. The van der Waals surface area contributed by atoms with Crippen LogP contribution >= 0.6 is 15.9 Å². The molecular formula is C16H23BrN2O2. The van der Waals surface area contributed by atoms with Gasteiger partial charge in [0.2, 0.25) is 0 Å². The Balaban J connectivity index is 2.12. The van der Waals surface area contributed by atoms with Crippen molar-refractivity contribution in [1.82, 2.24) is 10.2 Å². The first kappa shape index (κ1) is 16.5. The van der Waals surface area contributed by atoms with Crippen LogP contribution in [-0.2, 0) is 11.2 Å². The summed E-state index contributed by atoms with van der Waals surface area (Å²) < 4.78 is 6.19. The highest BCUT2D eigenvalue weighted by Gasteiger charge is 2.34. The highest BCUT2D eigenvalue weighted by molar-refractivity contribution is 9.10. The van der Waals surface area contributed by atoms with E-state index in [2.05, 4.69) is 26.1 Å². The number of ether oxygens (including phenoxy) is 1. The van der Waals surface area contributed by atoms with Gasteiger partial charge in [0.1, 0.15) is 5.75 Å². The molecule has 0 unspecified atom stereocenters. The second-order valence-corrected chi connectivity index (χ2v) is 6.71. The minimum Gasteiger partial charge on any atom is -0.497 e. The molecule has 0 bridgehead atoms. The van der Waals surface area contributed by atoms with E-state index in [9.17, 15) is 4.79 Å². The maximum absolute atomic E-state index is 12.8. The van der Waals surface area contributed by atoms with Gasteiger partial charge in [0, 0.05) is 37.1 Å². The molecule has 1 saturated heterocycles. The number of halogens is 1. The lowest BCUT2D eigenvalue weighted by Crippen LogP contribution is -2.57. The van der Waals surface area contributed by atoms with Crippen LogP contribution in [0.15, 0.2) is 22.7 Å². The summed E-state index contributed by atoms with van der Waals surface area (Å²) in [6.07, 6.45) is 0.411. The molecule has 2 rings (SSSR count). The third-order valence-electron chi connectivity index (χ3n) is 4.19. The normalized spacial score (nSPS) is 16.8. The van der Waals surface area contributed by atoms with Gasteiger partial charge in [0.05, 0.1) is 12.6 Å². The van der Waals surface area contributed by atoms with Gasteiger partial charge in [-0.25, -0.2) is 0 Å². The number of Topliss-reactive ketones (excluding diaryl/α,β-unsaturated/α-hetero) is 1. The topological polar surface area (TPSA) is 41.6 Å². The lowest BCUT2D eigenvalue weighted by Gasteiger charge is -2.40. The first-order valence-corrected chi connectivity index (χ1v) is 8.06. The Kier molecular flexibility index (Phi) is 5.41. The number of piperazine rings is 1. The lowest BCUT2D eigenvalue weighted by atomic mass is 9.91. The number of benzene rings is 1. The Morgan fingerprint density at radius 3 is 2.67 bits per heavy atom. The van der Waals surface area contributed by atoms with Gasteiger partial charge in [-0.1, -0.05) is 15.9 Å². The van der Waals surface area contributed by atoms with Gasteiger partial charge in [-0.2, -0.15) is 0 Å². The smallest absolute Gasteiger partial charge is 0.156 e. The molecule has 1 aliphatic heterocycles. The maximum atomic E-state index is 12.8. The molecule has 116 valence electrons. The van der Waals surface area contributed by atoms with Gasteiger partial charge in [-0.15, -0.1) is 0 Å². The van der Waals surface area contributed by atoms with Gasteiger partial charge in [0.15, 0.2) is 5.78 Å². The van der Waals surface area contributed by atoms with E-state index in [1.807, 2.05) is 32.0 Å². The van der Waals surface area contributed by atoms with Crippen LogP contribution in [0.5, 0.6) is 5.75 Å². The number of hydrogen-bond donors (Lipinski definition) is 1. The molecule has 1 aromatic rings. The molecule has 4 nitrogen and oxygen atoms in total. The molecule has 1 N–H and O–H groups in total. The summed E-state index contributed by atoms with van der Waals surface area (Å²) in [5.74, 6) is 1.01. The van der Waals surface area contributed by atoms with E-state index in [1.165, 1.54) is 0 Å². The Labute approximate surface area is 135 Å². The van der Waals surface area contributed by atoms with E-state index in [0.717, 1.165) is 42.0 Å². The molecule has 21 heavy (non-hydrogen) atoms. The van der Waals surface area contributed by atoms with Crippen molar-refractivity contribution in [2.45, 2.75) is 25.8 Å². The van der Waals surface area contributed by atoms with E-state index in [0.29, 0.717) is 6.42 Å². The first-order chi connectivity index (χ1) is 9.95. The second-order valence-electron chi connectivity index (χ2n) is 5.85. The van der Waals surface area contributed by atoms with Crippen molar-refractivity contribution in [3.8, 4) is 5.75 Å². The van der Waals surface area contributed by atoms with Crippen molar-refractivity contribution in [2.24, 2.45) is 0 Å². The monoisotopic (exact) mass is 354 g/mol. The minimum absolute atomic E-state index is 0.235. The largest absolute Gasteiger partial charge is 0.497 e. The average Bonchev–Trinajstić information content (AvgIpc) is 2.50. The van der Waals surface area contributed by atoms with Crippen LogP contribution in [0.1, 0.15) is 19.4 Å². The van der Waals surface area contributed by atoms with Crippen LogP contribution in [0.2, 0.25) is 0 Å². The molecule has 1 heterocycles. The minimum atomic E-state index is -0.440. The lowest BCUT2D eigenvalue weighted by molar-refractivity contribution is -0.129. The van der Waals surface area contributed by atoms with Crippen LogP contribution < -0.4 is 10.1 Å². The molecule has 1 fully saturated rings. The van der Waals surface area contributed by atoms with E-state index in [-0.39, 0.29) is 5.78 Å². The fraction of sp³-hybridized carbons (Fsp3) is 0.562. The summed E-state index contributed by atoms with van der Waals surface area (Å²) >= 11 is 3.52. The predicted octanol–water partition coefficient (Wildman–Crippen LogP) is 2.25. The van der Waals surface area contributed by atoms with Gasteiger partial charge >= 0.3 is 0 Å². The van der Waals surface area contributed by atoms with E-state index >= 15 is 0 Å². The standard InChI is InChI=1S/C16H23BrN2O2/c1-16(2,19-8-6-18-7-9-19)15(20)11-12-10-13(21-3)4-5-14(12)17/h4-5,10,18H,6-9,11H2,1-3H3. The van der Waals surface area contributed by atoms with Gasteiger partial charge in [-0.05, 0) is 37.6 Å². The van der Waals surface area contributed by atoms with E-state index in [4.69, 9.17) is 4.74 Å². The van der Waals surface area contributed by atoms with Crippen molar-refractivity contribution in [1.29, 1.82) is 0 Å². The first-order valence-electron chi connectivity index (χ1n) is 7.26. The average molecular weight is 355 g/mol. The number of ketones is 1. The summed E-state index contributed by atoms with van der Waals surface area (Å²) in [5.41, 5.74) is 0.535. The van der Waals surface area contributed by atoms with Crippen LogP contribution in [-0.4, -0.2) is 49.5 Å². The third kappa shape index (κ3) is 3.84. The summed E-state index contributed by atoms with van der Waals surface area (Å²) in [6.45, 7) is 7.76. The fourth-order valence-corrected chi connectivity index (χ4v) is 2.99. The van der Waals surface area contributed by atoms with Crippen molar-refractivity contribution in [3.63, 3.8) is 0 Å². The number of carbonyl (C=O) groups is 1. The molecule has 0 radical (unpaired) electrons. The number of methoxy groups -OCH3 is 1. The molecule has 0 spiro atoms. The van der Waals surface area contributed by atoms with Gasteiger partial charge < -0.3 is 10.1 Å². The Bertz CT molecular complexity index is 511. The number of nitrogens with one attached hydrogen (secondary N) is 1. The molecule has 0 aliphatic carbocycles. The third-order valence-corrected chi connectivity index (χ3v) is 4.97. The number of carbonyl (C=O) groups excluding carboxylic acids is 1. The molecular weight excluding hydrogens is 332 g/mol. The van der Waals surface area contributed by atoms with Crippen molar-refractivity contribution in [2.75, 3.05) is 33.3 Å². The second kappa shape index (κ2) is 6.90. The number of nitrogens with zero attached hydrogens (tertiary/aromatic N) is 1. The quantitative estimate of drug-likeness (QED) is 0.880. The summed E-state index contributed by atoms with van der Waals surface area (Å²) in [6, 6.07) is 5.74. The molecule has 0 atom stereocenters. The Morgan fingerprint density at radius 2 is 2.05 bits per heavy atom. The molecule has 1 aliphatic rings. The van der Waals surface area contributed by atoms with E-state index < -0.39 is 5.54 Å². The van der Waals surface area contributed by atoms with Crippen LogP contribution in [0.25, 0.3) is 0 Å². The summed E-state index contributed by atoms with van der Waals surface area (Å²) in [4.78, 5) is 15.0. The molecule has 0 amide bonds. The number of rotatable bonds is 5. The van der Waals surface area contributed by atoms with Crippen molar-refractivity contribution < 1.29 is 9.53 Å². The molecule has 0 aromatic heterocycles. The van der Waals surface area contributed by atoms with Gasteiger partial charge in [-0.3, -0.25) is 9.69 Å². The maximum Gasteiger partial charge on any atom is 0.156 e. The van der Waals surface area contributed by atoms with Gasteiger partial charge in [0.25, 0.3) is 0 Å². The molecule has 1 aromatic carbocycles.